The van der Waals surface area contributed by atoms with Gasteiger partial charge in [0, 0.05) is 31.2 Å². The highest BCUT2D eigenvalue weighted by Crippen LogP contribution is 2.11. The minimum atomic E-state index is 0.115. The van der Waals surface area contributed by atoms with Crippen LogP contribution in [0.25, 0.3) is 0 Å². The van der Waals surface area contributed by atoms with Crippen LogP contribution >= 0.6 is 0 Å². The van der Waals surface area contributed by atoms with Gasteiger partial charge in [0.1, 0.15) is 0 Å². The van der Waals surface area contributed by atoms with E-state index >= 15 is 0 Å². The number of nitrogens with one attached hydrogen (secondary N) is 2. The molecule has 0 aromatic heterocycles. The SMILES string of the molecule is CCCN(CCCC(=O)Nc1cccc(C)c1)C1CNC1. The molecular formula is C17H27N3O. The highest BCUT2D eigenvalue weighted by atomic mass is 16.1. The predicted molar refractivity (Wildman–Crippen MR) is 87.6 cm³/mol. The van der Waals surface area contributed by atoms with Gasteiger partial charge >= 0.3 is 0 Å². The summed E-state index contributed by atoms with van der Waals surface area (Å²) >= 11 is 0. The van der Waals surface area contributed by atoms with E-state index in [9.17, 15) is 4.79 Å². The predicted octanol–water partition coefficient (Wildman–Crippen LogP) is 2.40. The van der Waals surface area contributed by atoms with Gasteiger partial charge in [-0.1, -0.05) is 19.1 Å². The first kappa shape index (κ1) is 16.0. The number of benzene rings is 1. The zero-order valence-electron chi connectivity index (χ0n) is 13.2. The molecule has 0 bridgehead atoms. The smallest absolute Gasteiger partial charge is 0.224 e. The Morgan fingerprint density at radius 1 is 1.38 bits per heavy atom. The zero-order valence-corrected chi connectivity index (χ0v) is 13.2. The summed E-state index contributed by atoms with van der Waals surface area (Å²) in [4.78, 5) is 14.5. The van der Waals surface area contributed by atoms with E-state index in [1.807, 2.05) is 31.2 Å². The molecule has 2 rings (SSSR count). The van der Waals surface area contributed by atoms with E-state index in [1.54, 1.807) is 0 Å². The Morgan fingerprint density at radius 2 is 2.19 bits per heavy atom. The molecule has 116 valence electrons. The van der Waals surface area contributed by atoms with Crippen LogP contribution in [0.15, 0.2) is 24.3 Å². The van der Waals surface area contributed by atoms with E-state index in [4.69, 9.17) is 0 Å². The number of carbonyl (C=O) groups excluding carboxylic acids is 1. The van der Waals surface area contributed by atoms with Gasteiger partial charge in [-0.05, 0) is 50.6 Å². The number of aryl methyl sites for hydroxylation is 1. The first-order chi connectivity index (χ1) is 10.2. The topological polar surface area (TPSA) is 44.4 Å². The van der Waals surface area contributed by atoms with Gasteiger partial charge < -0.3 is 10.6 Å². The summed E-state index contributed by atoms with van der Waals surface area (Å²) in [6.07, 6.45) is 2.69. The number of carbonyl (C=O) groups is 1. The van der Waals surface area contributed by atoms with E-state index in [-0.39, 0.29) is 5.91 Å². The standard InChI is InChI=1S/C17H27N3O/c1-3-9-20(16-12-18-13-16)10-5-8-17(21)19-15-7-4-6-14(2)11-15/h4,6-7,11,16,18H,3,5,8-10,12-13H2,1-2H3,(H,19,21). The second-order valence-electron chi connectivity index (χ2n) is 5.87. The number of hydrogen-bond acceptors (Lipinski definition) is 3. The Morgan fingerprint density at radius 3 is 2.81 bits per heavy atom. The molecule has 2 N–H and O–H groups in total. The minimum Gasteiger partial charge on any atom is -0.326 e. The molecule has 1 saturated heterocycles. The summed E-state index contributed by atoms with van der Waals surface area (Å²) in [7, 11) is 0. The third kappa shape index (κ3) is 5.14. The van der Waals surface area contributed by atoms with E-state index in [0.29, 0.717) is 12.5 Å². The second kappa shape index (κ2) is 8.15. The van der Waals surface area contributed by atoms with Gasteiger partial charge in [-0.25, -0.2) is 0 Å². The molecule has 0 saturated carbocycles. The first-order valence-electron chi connectivity index (χ1n) is 8.00. The Balaban J connectivity index is 1.70. The molecule has 0 radical (unpaired) electrons. The van der Waals surface area contributed by atoms with Crippen molar-refractivity contribution in [2.45, 2.75) is 39.2 Å². The summed E-state index contributed by atoms with van der Waals surface area (Å²) in [5.74, 6) is 0.115. The van der Waals surface area contributed by atoms with Crippen molar-refractivity contribution in [3.8, 4) is 0 Å². The Bertz CT molecular complexity index is 457. The van der Waals surface area contributed by atoms with Crippen LogP contribution in [-0.2, 0) is 4.79 Å². The number of amides is 1. The third-order valence-corrected chi connectivity index (χ3v) is 3.94. The van der Waals surface area contributed by atoms with Crippen LogP contribution in [0.2, 0.25) is 0 Å². The average Bonchev–Trinajstić information content (AvgIpc) is 2.36. The van der Waals surface area contributed by atoms with Crippen molar-refractivity contribution in [1.82, 2.24) is 10.2 Å². The van der Waals surface area contributed by atoms with Crippen molar-refractivity contribution in [2.75, 3.05) is 31.5 Å². The molecule has 1 aliphatic rings. The molecule has 4 nitrogen and oxygen atoms in total. The van der Waals surface area contributed by atoms with Crippen LogP contribution in [-0.4, -0.2) is 43.0 Å². The van der Waals surface area contributed by atoms with Crippen molar-refractivity contribution >= 4 is 11.6 Å². The highest BCUT2D eigenvalue weighted by molar-refractivity contribution is 5.90. The van der Waals surface area contributed by atoms with Gasteiger partial charge in [0.15, 0.2) is 0 Å². The van der Waals surface area contributed by atoms with Gasteiger partial charge in [-0.15, -0.1) is 0 Å². The average molecular weight is 289 g/mol. The maximum atomic E-state index is 12.0. The minimum absolute atomic E-state index is 0.115. The quantitative estimate of drug-likeness (QED) is 0.772. The molecule has 1 aliphatic heterocycles. The summed E-state index contributed by atoms with van der Waals surface area (Å²) < 4.78 is 0. The lowest BCUT2D eigenvalue weighted by Gasteiger charge is -2.38. The maximum Gasteiger partial charge on any atom is 0.224 e. The molecule has 0 aliphatic carbocycles. The number of nitrogens with zero attached hydrogens (tertiary/aromatic N) is 1. The van der Waals surface area contributed by atoms with Crippen LogP contribution in [0.5, 0.6) is 0 Å². The molecule has 0 atom stereocenters. The van der Waals surface area contributed by atoms with E-state index in [0.717, 1.165) is 38.3 Å². The van der Waals surface area contributed by atoms with Crippen LogP contribution < -0.4 is 10.6 Å². The molecule has 1 aromatic rings. The lowest BCUT2D eigenvalue weighted by molar-refractivity contribution is -0.116. The monoisotopic (exact) mass is 289 g/mol. The van der Waals surface area contributed by atoms with Crippen molar-refractivity contribution < 1.29 is 4.79 Å². The van der Waals surface area contributed by atoms with Gasteiger partial charge in [0.05, 0.1) is 0 Å². The van der Waals surface area contributed by atoms with Crippen LogP contribution in [0, 0.1) is 6.92 Å². The maximum absolute atomic E-state index is 12.0. The van der Waals surface area contributed by atoms with Gasteiger partial charge in [0.25, 0.3) is 0 Å². The summed E-state index contributed by atoms with van der Waals surface area (Å²) in [6, 6.07) is 8.61. The van der Waals surface area contributed by atoms with E-state index < -0.39 is 0 Å². The fraction of sp³-hybridized carbons (Fsp3) is 0.588. The van der Waals surface area contributed by atoms with Gasteiger partial charge in [-0.3, -0.25) is 9.69 Å². The molecule has 1 amide bonds. The molecule has 0 spiro atoms. The van der Waals surface area contributed by atoms with Gasteiger partial charge in [-0.2, -0.15) is 0 Å². The normalized spacial score (nSPS) is 15.0. The van der Waals surface area contributed by atoms with Crippen LogP contribution in [0.4, 0.5) is 5.69 Å². The number of anilines is 1. The Hall–Kier alpha value is -1.39. The number of hydrogen-bond donors (Lipinski definition) is 2. The molecule has 4 heteroatoms. The lowest BCUT2D eigenvalue weighted by Crippen LogP contribution is -2.57. The van der Waals surface area contributed by atoms with Crippen molar-refractivity contribution in [3.63, 3.8) is 0 Å². The highest BCUT2D eigenvalue weighted by Gasteiger charge is 2.23. The van der Waals surface area contributed by atoms with Gasteiger partial charge in [0.2, 0.25) is 5.91 Å². The summed E-state index contributed by atoms with van der Waals surface area (Å²) in [6.45, 7) is 8.58. The molecule has 1 heterocycles. The lowest BCUT2D eigenvalue weighted by atomic mass is 10.1. The Labute approximate surface area is 127 Å². The zero-order chi connectivity index (χ0) is 15.1. The Kier molecular flexibility index (Phi) is 6.21. The third-order valence-electron chi connectivity index (χ3n) is 3.94. The molecule has 1 aromatic carbocycles. The fourth-order valence-corrected chi connectivity index (χ4v) is 2.68. The largest absolute Gasteiger partial charge is 0.326 e. The van der Waals surface area contributed by atoms with Crippen LogP contribution in [0.3, 0.4) is 0 Å². The second-order valence-corrected chi connectivity index (χ2v) is 5.87. The summed E-state index contributed by atoms with van der Waals surface area (Å²) in [5, 5.41) is 6.29. The van der Waals surface area contributed by atoms with Crippen molar-refractivity contribution in [1.29, 1.82) is 0 Å². The van der Waals surface area contributed by atoms with Crippen molar-refractivity contribution in [2.24, 2.45) is 0 Å². The fourth-order valence-electron chi connectivity index (χ4n) is 2.68. The summed E-state index contributed by atoms with van der Waals surface area (Å²) in [5.41, 5.74) is 2.06. The van der Waals surface area contributed by atoms with Crippen molar-refractivity contribution in [3.05, 3.63) is 29.8 Å². The molecule has 1 fully saturated rings. The van der Waals surface area contributed by atoms with Crippen LogP contribution in [0.1, 0.15) is 31.7 Å². The first-order valence-corrected chi connectivity index (χ1v) is 8.00. The molecular weight excluding hydrogens is 262 g/mol. The van der Waals surface area contributed by atoms with E-state index in [2.05, 4.69) is 22.5 Å². The van der Waals surface area contributed by atoms with E-state index in [1.165, 1.54) is 12.0 Å². The molecule has 21 heavy (non-hydrogen) atoms. The number of rotatable bonds is 8. The molecule has 0 unspecified atom stereocenters.